The van der Waals surface area contributed by atoms with Crippen LogP contribution in [0.15, 0.2) is 36.5 Å². The molecule has 0 aromatic rings. The standard InChI is InChI=1S/C7H7Cl.5ClH.Sb/c8-7-5-3-1-2-4-6-7;;;;;;/h1-7H;5*1H;/q;;;;;;+5/p-5. The van der Waals surface area contributed by atoms with E-state index in [1.54, 1.807) is 0 Å². The molecule has 0 atom stereocenters. The quantitative estimate of drug-likeness (QED) is 0.363. The van der Waals surface area contributed by atoms with Crippen molar-refractivity contribution >= 4 is 67.4 Å². The van der Waals surface area contributed by atoms with Crippen molar-refractivity contribution < 1.29 is 0 Å². The van der Waals surface area contributed by atoms with E-state index in [-0.39, 0.29) is 5.38 Å². The molecule has 0 saturated heterocycles. The van der Waals surface area contributed by atoms with E-state index < -0.39 is 11.7 Å². The Kier molecular flexibility index (Phi) is 7.32. The van der Waals surface area contributed by atoms with Crippen molar-refractivity contribution in [2.75, 3.05) is 0 Å². The van der Waals surface area contributed by atoms with Gasteiger partial charge in [-0.25, -0.2) is 0 Å². The zero-order chi connectivity index (χ0) is 11.3. The van der Waals surface area contributed by atoms with Crippen molar-refractivity contribution in [2.45, 2.75) is 5.38 Å². The molecule has 1 rings (SSSR count). The van der Waals surface area contributed by atoms with Crippen LogP contribution >= 0.6 is 55.7 Å². The first-order valence-corrected chi connectivity index (χ1v) is 20.0. The van der Waals surface area contributed by atoms with Crippen LogP contribution in [0.5, 0.6) is 0 Å². The SMILES string of the molecule is ClC1C=CC=CC=C1.[Cl][Sb]([Cl])([Cl])([Cl])[Cl]. The van der Waals surface area contributed by atoms with Gasteiger partial charge in [0.2, 0.25) is 0 Å². The average Bonchev–Trinajstić information content (AvgIpc) is 2.10. The van der Waals surface area contributed by atoms with Gasteiger partial charge >= 0.3 is 55.8 Å². The molecular formula is C7H7Cl6Sb. The molecule has 0 aliphatic heterocycles. The van der Waals surface area contributed by atoms with E-state index in [0.29, 0.717) is 0 Å². The maximum atomic E-state index is 5.71. The van der Waals surface area contributed by atoms with Gasteiger partial charge in [0.05, 0.1) is 5.38 Å². The number of rotatable bonds is 0. The van der Waals surface area contributed by atoms with Crippen LogP contribution in [0.25, 0.3) is 0 Å². The Balaban J connectivity index is 0.000000255. The van der Waals surface area contributed by atoms with Gasteiger partial charge in [-0.15, -0.1) is 11.6 Å². The van der Waals surface area contributed by atoms with Crippen molar-refractivity contribution in [1.82, 2.24) is 0 Å². The van der Waals surface area contributed by atoms with Gasteiger partial charge < -0.3 is 0 Å². The number of halogens is 6. The van der Waals surface area contributed by atoms with Gasteiger partial charge in [-0.1, -0.05) is 36.5 Å². The van der Waals surface area contributed by atoms with Gasteiger partial charge in [0.25, 0.3) is 0 Å². The van der Waals surface area contributed by atoms with E-state index in [9.17, 15) is 0 Å². The summed E-state index contributed by atoms with van der Waals surface area (Å²) in [6, 6.07) is 0. The predicted molar refractivity (Wildman–Crippen MR) is 72.1 cm³/mol. The summed E-state index contributed by atoms with van der Waals surface area (Å²) in [6.07, 6.45) is 11.7. The van der Waals surface area contributed by atoms with Crippen LogP contribution in [0.1, 0.15) is 0 Å². The van der Waals surface area contributed by atoms with Crippen LogP contribution in [-0.2, 0) is 0 Å². The van der Waals surface area contributed by atoms with Crippen LogP contribution in [0, 0.1) is 0 Å². The molecule has 0 aromatic carbocycles. The number of hydrogen-bond donors (Lipinski definition) is 0. The van der Waals surface area contributed by atoms with E-state index >= 15 is 0 Å². The van der Waals surface area contributed by atoms with E-state index in [0.717, 1.165) is 0 Å². The third-order valence-corrected chi connectivity index (χ3v) is 1.21. The summed E-state index contributed by atoms with van der Waals surface area (Å²) < 4.78 is 0. The van der Waals surface area contributed by atoms with Crippen LogP contribution < -0.4 is 0 Å². The van der Waals surface area contributed by atoms with Gasteiger partial charge in [0.15, 0.2) is 0 Å². The summed E-state index contributed by atoms with van der Waals surface area (Å²) >= 11 is 1.38. The second kappa shape index (κ2) is 6.50. The summed E-state index contributed by atoms with van der Waals surface area (Å²) in [6.45, 7) is 0. The van der Waals surface area contributed by atoms with E-state index in [1.807, 2.05) is 36.5 Å². The van der Waals surface area contributed by atoms with Crippen LogP contribution in [0.2, 0.25) is 0 Å². The van der Waals surface area contributed by atoms with Gasteiger partial charge in [-0.3, -0.25) is 0 Å². The molecule has 0 bridgehead atoms. The summed E-state index contributed by atoms with van der Waals surface area (Å²) in [5, 5.41) is 0.0741. The molecule has 0 nitrogen and oxygen atoms in total. The monoisotopic (exact) mass is 422 g/mol. The van der Waals surface area contributed by atoms with Gasteiger partial charge in [-0.05, 0) is 0 Å². The number of hydrogen-bond acceptors (Lipinski definition) is 0. The van der Waals surface area contributed by atoms with Gasteiger partial charge in [0.1, 0.15) is 0 Å². The zero-order valence-electron chi connectivity index (χ0n) is 6.76. The first kappa shape index (κ1) is 15.8. The second-order valence-electron chi connectivity index (χ2n) is 2.24. The Morgan fingerprint density at radius 2 is 1.00 bits per heavy atom. The Morgan fingerprint density at radius 1 is 0.714 bits per heavy atom. The molecule has 0 N–H and O–H groups in total. The molecule has 14 heavy (non-hydrogen) atoms. The van der Waals surface area contributed by atoms with Crippen molar-refractivity contribution in [3.63, 3.8) is 0 Å². The van der Waals surface area contributed by atoms with Crippen molar-refractivity contribution in [1.29, 1.82) is 0 Å². The van der Waals surface area contributed by atoms with E-state index in [4.69, 9.17) is 55.7 Å². The molecule has 0 fully saturated rings. The molecule has 0 heterocycles. The first-order valence-electron chi connectivity index (χ1n) is 3.40. The van der Waals surface area contributed by atoms with Crippen LogP contribution in [-0.4, -0.2) is 17.1 Å². The molecule has 0 amide bonds. The predicted octanol–water partition coefficient (Wildman–Crippen LogP) is 5.34. The minimum absolute atomic E-state index is 0.0741. The van der Waals surface area contributed by atoms with Gasteiger partial charge in [0, 0.05) is 0 Å². The van der Waals surface area contributed by atoms with Crippen LogP contribution in [0.4, 0.5) is 0 Å². The summed E-state index contributed by atoms with van der Waals surface area (Å²) in [4.78, 5) is 0. The maximum absolute atomic E-state index is 5.71. The van der Waals surface area contributed by atoms with E-state index in [1.165, 1.54) is 0 Å². The summed E-state index contributed by atoms with van der Waals surface area (Å²) in [5.41, 5.74) is 0. The minimum atomic E-state index is -4.33. The molecule has 82 valence electrons. The topological polar surface area (TPSA) is 0 Å². The molecule has 7 heteroatoms. The molecule has 0 spiro atoms. The Bertz CT molecular complexity index is 226. The van der Waals surface area contributed by atoms with Crippen molar-refractivity contribution in [2.24, 2.45) is 0 Å². The first-order chi connectivity index (χ1) is 6.13. The molecule has 0 saturated carbocycles. The summed E-state index contributed by atoms with van der Waals surface area (Å²) in [5.74, 6) is 0. The zero-order valence-corrected chi connectivity index (χ0v) is 13.8. The molecule has 0 radical (unpaired) electrons. The Hall–Kier alpha value is 1.78. The fourth-order valence-electron chi connectivity index (χ4n) is 0.533. The molecular weight excluding hydrogens is 419 g/mol. The molecule has 1 aliphatic rings. The normalized spacial score (nSPS) is 19.1. The van der Waals surface area contributed by atoms with Crippen LogP contribution in [0.3, 0.4) is 0 Å². The molecule has 1 aliphatic carbocycles. The van der Waals surface area contributed by atoms with E-state index in [2.05, 4.69) is 0 Å². The average molecular weight is 426 g/mol. The molecule has 0 unspecified atom stereocenters. The number of allylic oxidation sites excluding steroid dienone is 6. The number of alkyl halides is 1. The summed E-state index contributed by atoms with van der Waals surface area (Å²) in [7, 11) is 25.2. The Labute approximate surface area is 108 Å². The van der Waals surface area contributed by atoms with Crippen molar-refractivity contribution in [3.8, 4) is 0 Å². The second-order valence-corrected chi connectivity index (χ2v) is 40.7. The van der Waals surface area contributed by atoms with Gasteiger partial charge in [-0.2, -0.15) is 0 Å². The Morgan fingerprint density at radius 3 is 1.29 bits per heavy atom. The fourth-order valence-corrected chi connectivity index (χ4v) is 0.701. The third-order valence-electron chi connectivity index (χ3n) is 0.923. The molecule has 0 aromatic heterocycles. The van der Waals surface area contributed by atoms with Crippen molar-refractivity contribution in [3.05, 3.63) is 36.5 Å². The fraction of sp³-hybridized carbons (Fsp3) is 0.143. The third kappa shape index (κ3) is 19.4.